The Balaban J connectivity index is 2.22. The molecule has 2 aromatic rings. The monoisotopic (exact) mass is 283 g/mol. The fraction of sp³-hybridized carbons (Fsp3) is 0.235. The van der Waals surface area contributed by atoms with E-state index < -0.39 is 0 Å². The van der Waals surface area contributed by atoms with Gasteiger partial charge >= 0.3 is 0 Å². The van der Waals surface area contributed by atoms with Gasteiger partial charge in [-0.2, -0.15) is 0 Å². The van der Waals surface area contributed by atoms with Gasteiger partial charge in [0.05, 0.1) is 13.2 Å². The molecule has 0 fully saturated rings. The summed E-state index contributed by atoms with van der Waals surface area (Å²) in [6, 6.07) is 16.7. The van der Waals surface area contributed by atoms with Crippen LogP contribution in [0, 0.1) is 0 Å². The summed E-state index contributed by atoms with van der Waals surface area (Å²) in [5.74, 6) is 0.912. The van der Waals surface area contributed by atoms with E-state index in [9.17, 15) is 0 Å². The third-order valence-corrected chi connectivity index (χ3v) is 4.27. The van der Waals surface area contributed by atoms with Crippen molar-refractivity contribution in [1.82, 2.24) is 4.90 Å². The molecule has 0 aliphatic carbocycles. The molecule has 2 nitrogen and oxygen atoms in total. The van der Waals surface area contributed by atoms with E-state index in [1.807, 2.05) is 18.2 Å². The number of methoxy groups -OCH3 is 1. The van der Waals surface area contributed by atoms with Gasteiger partial charge in [-0.15, -0.1) is 0 Å². The van der Waals surface area contributed by atoms with Crippen molar-refractivity contribution in [3.63, 3.8) is 0 Å². The molecule has 1 unspecified atom stereocenters. The molecule has 0 saturated carbocycles. The minimum atomic E-state index is 0.153. The zero-order valence-corrected chi connectivity index (χ0v) is 12.5. The Hall–Kier alpha value is -1.87. The maximum Gasteiger partial charge on any atom is 0.125 e. The molecule has 1 atom stereocenters. The van der Waals surface area contributed by atoms with E-state index in [4.69, 9.17) is 17.0 Å². The van der Waals surface area contributed by atoms with Crippen LogP contribution in [0.15, 0.2) is 48.5 Å². The lowest BCUT2D eigenvalue weighted by molar-refractivity contribution is 0.370. The van der Waals surface area contributed by atoms with Crippen LogP contribution in [0.3, 0.4) is 0 Å². The first-order valence-corrected chi connectivity index (χ1v) is 7.21. The lowest BCUT2D eigenvalue weighted by Crippen LogP contribution is -2.27. The van der Waals surface area contributed by atoms with Crippen LogP contribution < -0.4 is 4.74 Å². The van der Waals surface area contributed by atoms with Crippen molar-refractivity contribution in [3.8, 4) is 5.75 Å². The Morgan fingerprint density at radius 1 is 1.10 bits per heavy atom. The standard InChI is InChI=1S/C17H17NOS/c1-3-18-16(12-8-5-4-6-9-12)15-13(17(18)20)10-7-11-14(15)19-2/h4-11,16H,3H2,1-2H3. The number of thiocarbonyl (C=S) groups is 1. The predicted molar refractivity (Wildman–Crippen MR) is 85.4 cm³/mol. The van der Waals surface area contributed by atoms with Gasteiger partial charge < -0.3 is 9.64 Å². The zero-order chi connectivity index (χ0) is 14.1. The van der Waals surface area contributed by atoms with Crippen LogP contribution >= 0.6 is 12.2 Å². The molecule has 1 heterocycles. The summed E-state index contributed by atoms with van der Waals surface area (Å²) in [6.07, 6.45) is 0. The lowest BCUT2D eigenvalue weighted by Gasteiger charge is -2.26. The van der Waals surface area contributed by atoms with Gasteiger partial charge in [-0.3, -0.25) is 0 Å². The summed E-state index contributed by atoms with van der Waals surface area (Å²) in [7, 11) is 1.72. The van der Waals surface area contributed by atoms with Gasteiger partial charge in [0.25, 0.3) is 0 Å². The second-order valence-corrected chi connectivity index (χ2v) is 5.21. The normalized spacial score (nSPS) is 17.2. The molecular weight excluding hydrogens is 266 g/mol. The van der Waals surface area contributed by atoms with E-state index in [0.717, 1.165) is 22.8 Å². The number of fused-ring (bicyclic) bond motifs is 1. The highest BCUT2D eigenvalue weighted by Crippen LogP contribution is 2.43. The molecule has 1 aliphatic rings. The van der Waals surface area contributed by atoms with Crippen LogP contribution in [0.2, 0.25) is 0 Å². The van der Waals surface area contributed by atoms with Crippen molar-refractivity contribution in [2.45, 2.75) is 13.0 Å². The van der Waals surface area contributed by atoms with Crippen LogP contribution in [-0.2, 0) is 0 Å². The molecule has 20 heavy (non-hydrogen) atoms. The SMILES string of the molecule is CCN1C(=S)c2cccc(OC)c2C1c1ccccc1. The second-order valence-electron chi connectivity index (χ2n) is 4.83. The number of benzene rings is 2. The highest BCUT2D eigenvalue weighted by molar-refractivity contribution is 7.80. The van der Waals surface area contributed by atoms with Gasteiger partial charge in [-0.05, 0) is 18.6 Å². The molecule has 0 spiro atoms. The fourth-order valence-electron chi connectivity index (χ4n) is 2.93. The summed E-state index contributed by atoms with van der Waals surface area (Å²) in [4.78, 5) is 3.17. The molecule has 0 bridgehead atoms. The van der Waals surface area contributed by atoms with E-state index in [2.05, 4.69) is 42.2 Å². The van der Waals surface area contributed by atoms with Gasteiger partial charge in [-0.25, -0.2) is 0 Å². The lowest BCUT2D eigenvalue weighted by atomic mass is 9.97. The molecule has 1 aliphatic heterocycles. The quantitative estimate of drug-likeness (QED) is 0.795. The zero-order valence-electron chi connectivity index (χ0n) is 11.7. The van der Waals surface area contributed by atoms with E-state index in [1.165, 1.54) is 11.1 Å². The average Bonchev–Trinajstić information content (AvgIpc) is 2.80. The Kier molecular flexibility index (Phi) is 3.45. The Bertz CT molecular complexity index is 639. The van der Waals surface area contributed by atoms with Crippen LogP contribution in [0.25, 0.3) is 0 Å². The largest absolute Gasteiger partial charge is 0.496 e. The first-order chi connectivity index (χ1) is 9.77. The first kappa shape index (κ1) is 13.1. The molecule has 2 aromatic carbocycles. The van der Waals surface area contributed by atoms with E-state index in [-0.39, 0.29) is 6.04 Å². The van der Waals surface area contributed by atoms with Crippen LogP contribution in [-0.4, -0.2) is 23.5 Å². The Morgan fingerprint density at radius 2 is 1.85 bits per heavy atom. The van der Waals surface area contributed by atoms with E-state index in [0.29, 0.717) is 0 Å². The second kappa shape index (κ2) is 5.25. The van der Waals surface area contributed by atoms with Crippen molar-refractivity contribution in [2.24, 2.45) is 0 Å². The highest BCUT2D eigenvalue weighted by atomic mass is 32.1. The fourth-order valence-corrected chi connectivity index (χ4v) is 3.34. The number of hydrogen-bond donors (Lipinski definition) is 0. The van der Waals surface area contributed by atoms with E-state index in [1.54, 1.807) is 7.11 Å². The van der Waals surface area contributed by atoms with Crippen molar-refractivity contribution in [1.29, 1.82) is 0 Å². The van der Waals surface area contributed by atoms with Gasteiger partial charge in [0.1, 0.15) is 10.7 Å². The number of nitrogens with zero attached hydrogens (tertiary/aromatic N) is 1. The molecule has 102 valence electrons. The van der Waals surface area contributed by atoms with Crippen LogP contribution in [0.4, 0.5) is 0 Å². The topological polar surface area (TPSA) is 12.5 Å². The minimum absolute atomic E-state index is 0.153. The van der Waals surface area contributed by atoms with Crippen molar-refractivity contribution in [3.05, 3.63) is 65.2 Å². The first-order valence-electron chi connectivity index (χ1n) is 6.80. The maximum absolute atomic E-state index is 5.65. The molecule has 0 N–H and O–H groups in total. The number of hydrogen-bond acceptors (Lipinski definition) is 2. The third kappa shape index (κ3) is 1.90. The Morgan fingerprint density at radius 3 is 2.50 bits per heavy atom. The van der Waals surface area contributed by atoms with E-state index >= 15 is 0 Å². The van der Waals surface area contributed by atoms with Gasteiger partial charge in [0.15, 0.2) is 0 Å². The van der Waals surface area contributed by atoms with Crippen LogP contribution in [0.5, 0.6) is 5.75 Å². The van der Waals surface area contributed by atoms with Crippen molar-refractivity contribution in [2.75, 3.05) is 13.7 Å². The summed E-state index contributed by atoms with van der Waals surface area (Å²) in [5, 5.41) is 0. The maximum atomic E-state index is 5.65. The van der Waals surface area contributed by atoms with Gasteiger partial charge in [0.2, 0.25) is 0 Å². The van der Waals surface area contributed by atoms with Gasteiger partial charge in [-0.1, -0.05) is 54.7 Å². The molecule has 0 saturated heterocycles. The molecule has 0 radical (unpaired) electrons. The highest BCUT2D eigenvalue weighted by Gasteiger charge is 2.36. The predicted octanol–water partition coefficient (Wildman–Crippen LogP) is 3.80. The molecule has 0 aromatic heterocycles. The smallest absolute Gasteiger partial charge is 0.125 e. The van der Waals surface area contributed by atoms with Crippen molar-refractivity contribution < 1.29 is 4.74 Å². The third-order valence-electron chi connectivity index (χ3n) is 3.82. The molecule has 3 rings (SSSR count). The Labute approximate surface area is 125 Å². The van der Waals surface area contributed by atoms with Crippen molar-refractivity contribution >= 4 is 17.2 Å². The van der Waals surface area contributed by atoms with Gasteiger partial charge in [0, 0.05) is 17.7 Å². The number of ether oxygens (including phenoxy) is 1. The van der Waals surface area contributed by atoms with Crippen LogP contribution in [0.1, 0.15) is 29.7 Å². The number of rotatable bonds is 3. The summed E-state index contributed by atoms with van der Waals surface area (Å²) >= 11 is 5.65. The molecule has 3 heteroatoms. The molecule has 0 amide bonds. The summed E-state index contributed by atoms with van der Waals surface area (Å²) < 4.78 is 5.56. The minimum Gasteiger partial charge on any atom is -0.496 e. The summed E-state index contributed by atoms with van der Waals surface area (Å²) in [6.45, 7) is 3.02. The molecular formula is C17H17NOS. The average molecular weight is 283 g/mol. The summed E-state index contributed by atoms with van der Waals surface area (Å²) in [5.41, 5.74) is 3.56.